The largest absolute Gasteiger partial charge is 0.379 e. The lowest BCUT2D eigenvalue weighted by molar-refractivity contribution is 0.0348. The van der Waals surface area contributed by atoms with Crippen molar-refractivity contribution < 1.29 is 9.26 Å². The standard InChI is InChI=1S/C15H28N4O2/c1-3-5-12(6-4-2)15-17-14(18-21-15)13(16)11-19-7-9-20-10-8-19/h12-13H,3-11,16H2,1-2H3. The normalized spacial score (nSPS) is 18.3. The molecule has 6 nitrogen and oxygen atoms in total. The van der Waals surface area contributed by atoms with Crippen molar-refractivity contribution in [2.45, 2.75) is 51.5 Å². The molecule has 1 atom stereocenters. The maximum absolute atomic E-state index is 6.22. The highest BCUT2D eigenvalue weighted by Gasteiger charge is 2.22. The molecule has 1 fully saturated rings. The van der Waals surface area contributed by atoms with Gasteiger partial charge >= 0.3 is 0 Å². The second-order valence-electron chi connectivity index (χ2n) is 5.78. The molecular formula is C15H28N4O2. The molecule has 1 aromatic heterocycles. The molecule has 1 aliphatic heterocycles. The van der Waals surface area contributed by atoms with Crippen molar-refractivity contribution in [3.8, 4) is 0 Å². The number of hydrogen-bond acceptors (Lipinski definition) is 6. The van der Waals surface area contributed by atoms with Crippen molar-refractivity contribution in [2.24, 2.45) is 5.73 Å². The number of aromatic nitrogens is 2. The zero-order valence-corrected chi connectivity index (χ0v) is 13.3. The van der Waals surface area contributed by atoms with Crippen molar-refractivity contribution >= 4 is 0 Å². The third-order valence-electron chi connectivity index (χ3n) is 3.97. The summed E-state index contributed by atoms with van der Waals surface area (Å²) in [7, 11) is 0. The van der Waals surface area contributed by atoms with Crippen LogP contribution in [0.5, 0.6) is 0 Å². The van der Waals surface area contributed by atoms with E-state index in [1.807, 2.05) is 0 Å². The lowest BCUT2D eigenvalue weighted by atomic mass is 9.98. The number of hydrogen-bond donors (Lipinski definition) is 1. The predicted octanol–water partition coefficient (Wildman–Crippen LogP) is 2.09. The fourth-order valence-electron chi connectivity index (χ4n) is 2.80. The van der Waals surface area contributed by atoms with E-state index >= 15 is 0 Å². The van der Waals surface area contributed by atoms with Gasteiger partial charge in [0.15, 0.2) is 5.82 Å². The number of morpholine rings is 1. The topological polar surface area (TPSA) is 77.4 Å². The Kier molecular flexibility index (Phi) is 6.60. The molecule has 0 spiro atoms. The Labute approximate surface area is 127 Å². The summed E-state index contributed by atoms with van der Waals surface area (Å²) in [6.07, 6.45) is 4.44. The zero-order valence-electron chi connectivity index (χ0n) is 13.3. The van der Waals surface area contributed by atoms with Gasteiger partial charge in [0, 0.05) is 25.6 Å². The molecule has 2 heterocycles. The van der Waals surface area contributed by atoms with Gasteiger partial charge in [0.05, 0.1) is 19.3 Å². The van der Waals surface area contributed by atoms with Crippen LogP contribution in [0.4, 0.5) is 0 Å². The molecule has 0 radical (unpaired) electrons. The van der Waals surface area contributed by atoms with E-state index in [2.05, 4.69) is 28.9 Å². The minimum atomic E-state index is -0.190. The van der Waals surface area contributed by atoms with Gasteiger partial charge in [-0.1, -0.05) is 31.8 Å². The van der Waals surface area contributed by atoms with Gasteiger partial charge in [0.2, 0.25) is 5.89 Å². The van der Waals surface area contributed by atoms with E-state index in [0.29, 0.717) is 11.7 Å². The third kappa shape index (κ3) is 4.76. The average molecular weight is 296 g/mol. The molecule has 1 aromatic rings. The van der Waals surface area contributed by atoms with Gasteiger partial charge in [-0.2, -0.15) is 4.98 Å². The Balaban J connectivity index is 1.93. The van der Waals surface area contributed by atoms with Crippen LogP contribution in [0.2, 0.25) is 0 Å². The molecule has 1 saturated heterocycles. The second kappa shape index (κ2) is 8.46. The predicted molar refractivity (Wildman–Crippen MR) is 81.0 cm³/mol. The summed E-state index contributed by atoms with van der Waals surface area (Å²) in [6, 6.07) is -0.190. The first-order chi connectivity index (χ1) is 10.2. The lowest BCUT2D eigenvalue weighted by Gasteiger charge is -2.27. The van der Waals surface area contributed by atoms with E-state index in [1.165, 1.54) is 0 Å². The summed E-state index contributed by atoms with van der Waals surface area (Å²) in [4.78, 5) is 6.84. The highest BCUT2D eigenvalue weighted by molar-refractivity contribution is 4.98. The molecule has 2 rings (SSSR count). The molecule has 0 aromatic carbocycles. The molecule has 1 unspecified atom stereocenters. The van der Waals surface area contributed by atoms with Crippen LogP contribution < -0.4 is 5.73 Å². The first-order valence-corrected chi connectivity index (χ1v) is 8.13. The number of rotatable bonds is 8. The van der Waals surface area contributed by atoms with Gasteiger partial charge in [-0.3, -0.25) is 4.90 Å². The summed E-state index contributed by atoms with van der Waals surface area (Å²) in [6.45, 7) is 8.53. The lowest BCUT2D eigenvalue weighted by Crippen LogP contribution is -2.40. The number of nitrogens with zero attached hydrogens (tertiary/aromatic N) is 3. The molecule has 120 valence electrons. The van der Waals surface area contributed by atoms with Crippen molar-refractivity contribution in [2.75, 3.05) is 32.8 Å². The van der Waals surface area contributed by atoms with Crippen molar-refractivity contribution in [1.82, 2.24) is 15.0 Å². The van der Waals surface area contributed by atoms with E-state index in [-0.39, 0.29) is 6.04 Å². The van der Waals surface area contributed by atoms with Crippen LogP contribution in [0.3, 0.4) is 0 Å². The molecule has 0 aliphatic carbocycles. The SMILES string of the molecule is CCCC(CCC)c1nc(C(N)CN2CCOCC2)no1. The Morgan fingerprint density at radius 1 is 1.19 bits per heavy atom. The van der Waals surface area contributed by atoms with Crippen LogP contribution in [0.25, 0.3) is 0 Å². The summed E-state index contributed by atoms with van der Waals surface area (Å²) in [5.41, 5.74) is 6.22. The molecule has 1 aliphatic rings. The monoisotopic (exact) mass is 296 g/mol. The van der Waals surface area contributed by atoms with Gasteiger partial charge < -0.3 is 15.0 Å². The molecule has 0 saturated carbocycles. The first-order valence-electron chi connectivity index (χ1n) is 8.13. The van der Waals surface area contributed by atoms with Gasteiger partial charge in [-0.05, 0) is 12.8 Å². The highest BCUT2D eigenvalue weighted by Crippen LogP contribution is 2.25. The Morgan fingerprint density at radius 2 is 1.86 bits per heavy atom. The summed E-state index contributed by atoms with van der Waals surface area (Å²) < 4.78 is 10.8. The minimum Gasteiger partial charge on any atom is -0.379 e. The van der Waals surface area contributed by atoms with E-state index < -0.39 is 0 Å². The van der Waals surface area contributed by atoms with Gasteiger partial charge in [-0.25, -0.2) is 0 Å². The molecule has 0 bridgehead atoms. The third-order valence-corrected chi connectivity index (χ3v) is 3.97. The fraction of sp³-hybridized carbons (Fsp3) is 0.867. The second-order valence-corrected chi connectivity index (χ2v) is 5.78. The molecule has 2 N–H and O–H groups in total. The molecule has 21 heavy (non-hydrogen) atoms. The van der Waals surface area contributed by atoms with E-state index in [0.717, 1.165) is 64.4 Å². The van der Waals surface area contributed by atoms with Crippen LogP contribution in [0.15, 0.2) is 4.52 Å². The summed E-state index contributed by atoms with van der Waals surface area (Å²) in [5, 5.41) is 4.10. The van der Waals surface area contributed by atoms with E-state index in [9.17, 15) is 0 Å². The Morgan fingerprint density at radius 3 is 2.48 bits per heavy atom. The zero-order chi connectivity index (χ0) is 15.1. The van der Waals surface area contributed by atoms with Crippen LogP contribution in [-0.4, -0.2) is 47.9 Å². The minimum absolute atomic E-state index is 0.190. The van der Waals surface area contributed by atoms with Crippen LogP contribution in [0.1, 0.15) is 63.2 Å². The van der Waals surface area contributed by atoms with Crippen molar-refractivity contribution in [1.29, 1.82) is 0 Å². The smallest absolute Gasteiger partial charge is 0.229 e. The molecular weight excluding hydrogens is 268 g/mol. The van der Waals surface area contributed by atoms with Crippen molar-refractivity contribution in [3.63, 3.8) is 0 Å². The Bertz CT molecular complexity index is 398. The van der Waals surface area contributed by atoms with Gasteiger partial charge in [-0.15, -0.1) is 0 Å². The average Bonchev–Trinajstić information content (AvgIpc) is 2.98. The van der Waals surface area contributed by atoms with Crippen molar-refractivity contribution in [3.05, 3.63) is 11.7 Å². The molecule has 0 amide bonds. The summed E-state index contributed by atoms with van der Waals surface area (Å²) >= 11 is 0. The number of ether oxygens (including phenoxy) is 1. The summed E-state index contributed by atoms with van der Waals surface area (Å²) in [5.74, 6) is 1.76. The van der Waals surface area contributed by atoms with Crippen LogP contribution in [-0.2, 0) is 4.74 Å². The quantitative estimate of drug-likeness (QED) is 0.791. The Hall–Kier alpha value is -0.980. The van der Waals surface area contributed by atoms with Gasteiger partial charge in [0.1, 0.15) is 0 Å². The first kappa shape index (κ1) is 16.4. The van der Waals surface area contributed by atoms with Crippen LogP contribution in [0, 0.1) is 0 Å². The van der Waals surface area contributed by atoms with Crippen LogP contribution >= 0.6 is 0 Å². The van der Waals surface area contributed by atoms with E-state index in [4.69, 9.17) is 15.0 Å². The maximum Gasteiger partial charge on any atom is 0.229 e. The number of nitrogens with two attached hydrogens (primary N) is 1. The van der Waals surface area contributed by atoms with Gasteiger partial charge in [0.25, 0.3) is 0 Å². The van der Waals surface area contributed by atoms with E-state index in [1.54, 1.807) is 0 Å². The maximum atomic E-state index is 6.22. The highest BCUT2D eigenvalue weighted by atomic mass is 16.5. The molecule has 6 heteroatoms. The fourth-order valence-corrected chi connectivity index (χ4v) is 2.80.